The first kappa shape index (κ1) is 24.7. The van der Waals surface area contributed by atoms with E-state index >= 15 is 0 Å². The van der Waals surface area contributed by atoms with Gasteiger partial charge in [-0.15, -0.1) is 0 Å². The normalized spacial score (nSPS) is 16.7. The van der Waals surface area contributed by atoms with Crippen molar-refractivity contribution in [2.24, 2.45) is 0 Å². The minimum absolute atomic E-state index is 0.107. The standard InChI is InChI=1S/C26H35N3O4/c1-29-18-8-12-22(29)16-17-27-26(31)21(10-3-2-4-15-25(30)28-32)19-33-24-14-7-11-20-9-5-6-13-23(20)24/h5-7,9-11,13-14,22,32H,2-4,8,12,15-19H2,1H3,(H,27,31)(H,28,30)/b21-10+. The number of carbonyl (C=O) groups is 2. The number of carbonyl (C=O) groups excluding carboxylic acids is 2. The van der Waals surface area contributed by atoms with Crippen LogP contribution in [-0.2, 0) is 9.59 Å². The molecule has 0 saturated carbocycles. The molecule has 1 saturated heterocycles. The number of hydrogen-bond donors (Lipinski definition) is 3. The first-order valence-electron chi connectivity index (χ1n) is 11.8. The summed E-state index contributed by atoms with van der Waals surface area (Å²) in [5, 5.41) is 13.8. The number of likely N-dealkylation sites (tertiary alicyclic amines) is 1. The molecule has 1 fully saturated rings. The number of hydrogen-bond acceptors (Lipinski definition) is 5. The lowest BCUT2D eigenvalue weighted by Crippen LogP contribution is -2.33. The van der Waals surface area contributed by atoms with Gasteiger partial charge in [0.15, 0.2) is 0 Å². The van der Waals surface area contributed by atoms with E-state index < -0.39 is 5.91 Å². The minimum Gasteiger partial charge on any atom is -0.488 e. The molecule has 0 radical (unpaired) electrons. The molecule has 2 aromatic rings. The molecule has 7 nitrogen and oxygen atoms in total. The number of nitrogens with one attached hydrogen (secondary N) is 2. The number of hydroxylamine groups is 1. The van der Waals surface area contributed by atoms with Crippen molar-refractivity contribution in [2.75, 3.05) is 26.7 Å². The Kier molecular flexibility index (Phi) is 9.72. The fourth-order valence-electron chi connectivity index (χ4n) is 4.27. The Hall–Kier alpha value is -2.90. The van der Waals surface area contributed by atoms with Crippen molar-refractivity contribution in [2.45, 2.75) is 51.0 Å². The fourth-order valence-corrected chi connectivity index (χ4v) is 4.27. The van der Waals surface area contributed by atoms with E-state index in [1.165, 1.54) is 12.8 Å². The molecule has 7 heteroatoms. The molecule has 1 aliphatic rings. The zero-order chi connectivity index (χ0) is 23.5. The van der Waals surface area contributed by atoms with E-state index in [1.54, 1.807) is 5.48 Å². The second-order valence-corrected chi connectivity index (χ2v) is 8.60. The zero-order valence-corrected chi connectivity index (χ0v) is 19.4. The molecule has 0 aliphatic carbocycles. The van der Waals surface area contributed by atoms with E-state index in [0.29, 0.717) is 31.0 Å². The Morgan fingerprint density at radius 3 is 2.79 bits per heavy atom. The summed E-state index contributed by atoms with van der Waals surface area (Å²) in [7, 11) is 2.14. The van der Waals surface area contributed by atoms with Gasteiger partial charge in [0.25, 0.3) is 0 Å². The van der Waals surface area contributed by atoms with Crippen molar-refractivity contribution in [3.05, 3.63) is 54.1 Å². The van der Waals surface area contributed by atoms with Crippen LogP contribution >= 0.6 is 0 Å². The molecule has 3 N–H and O–H groups in total. The molecule has 1 aliphatic heterocycles. The first-order valence-corrected chi connectivity index (χ1v) is 11.8. The van der Waals surface area contributed by atoms with Gasteiger partial charge in [-0.2, -0.15) is 0 Å². The molecule has 0 bridgehead atoms. The van der Waals surface area contributed by atoms with Crippen LogP contribution in [0.4, 0.5) is 0 Å². The fraction of sp³-hybridized carbons (Fsp3) is 0.462. The number of allylic oxidation sites excluding steroid dienone is 1. The zero-order valence-electron chi connectivity index (χ0n) is 19.4. The van der Waals surface area contributed by atoms with Gasteiger partial charge < -0.3 is 15.0 Å². The third-order valence-electron chi connectivity index (χ3n) is 6.23. The van der Waals surface area contributed by atoms with Gasteiger partial charge in [0, 0.05) is 24.4 Å². The highest BCUT2D eigenvalue weighted by Gasteiger charge is 2.20. The minimum atomic E-state index is -0.395. The van der Waals surface area contributed by atoms with E-state index in [9.17, 15) is 9.59 Å². The summed E-state index contributed by atoms with van der Waals surface area (Å²) in [5.74, 6) is 0.246. The maximum Gasteiger partial charge on any atom is 0.250 e. The van der Waals surface area contributed by atoms with Gasteiger partial charge in [-0.05, 0) is 63.6 Å². The highest BCUT2D eigenvalue weighted by atomic mass is 16.5. The van der Waals surface area contributed by atoms with Crippen molar-refractivity contribution < 1.29 is 19.5 Å². The monoisotopic (exact) mass is 453 g/mol. The summed E-state index contributed by atoms with van der Waals surface area (Å²) in [4.78, 5) is 26.5. The van der Waals surface area contributed by atoms with Gasteiger partial charge in [0.2, 0.25) is 11.8 Å². The van der Waals surface area contributed by atoms with Crippen molar-refractivity contribution in [1.29, 1.82) is 0 Å². The van der Waals surface area contributed by atoms with Gasteiger partial charge in [-0.3, -0.25) is 14.8 Å². The molecule has 0 aromatic heterocycles. The molecule has 0 spiro atoms. The predicted octanol–water partition coefficient (Wildman–Crippen LogP) is 3.81. The quantitative estimate of drug-likeness (QED) is 0.197. The maximum absolute atomic E-state index is 12.9. The molecule has 178 valence electrons. The number of fused-ring (bicyclic) bond motifs is 1. The highest BCUT2D eigenvalue weighted by Crippen LogP contribution is 2.25. The van der Waals surface area contributed by atoms with Gasteiger partial charge >= 0.3 is 0 Å². The highest BCUT2D eigenvalue weighted by molar-refractivity contribution is 5.94. The summed E-state index contributed by atoms with van der Waals surface area (Å²) in [6.07, 6.45) is 7.53. The molecule has 2 amide bonds. The molecule has 33 heavy (non-hydrogen) atoms. The number of rotatable bonds is 12. The van der Waals surface area contributed by atoms with Crippen LogP contribution in [0.1, 0.15) is 44.9 Å². The van der Waals surface area contributed by atoms with E-state index in [0.717, 1.165) is 35.9 Å². The van der Waals surface area contributed by atoms with Crippen LogP contribution in [0.3, 0.4) is 0 Å². The largest absolute Gasteiger partial charge is 0.488 e. The molecule has 1 atom stereocenters. The summed E-state index contributed by atoms with van der Waals surface area (Å²) < 4.78 is 6.08. The smallest absolute Gasteiger partial charge is 0.250 e. The molecular formula is C26H35N3O4. The van der Waals surface area contributed by atoms with Crippen LogP contribution in [0.5, 0.6) is 5.75 Å². The number of amides is 2. The lowest BCUT2D eigenvalue weighted by atomic mass is 10.1. The van der Waals surface area contributed by atoms with Gasteiger partial charge in [-0.25, -0.2) is 5.48 Å². The summed E-state index contributed by atoms with van der Waals surface area (Å²) in [6.45, 7) is 1.94. The number of ether oxygens (including phenoxy) is 1. The topological polar surface area (TPSA) is 90.9 Å². The van der Waals surface area contributed by atoms with Crippen LogP contribution in [0.25, 0.3) is 10.8 Å². The second-order valence-electron chi connectivity index (χ2n) is 8.60. The molecule has 3 rings (SSSR count). The number of unbranched alkanes of at least 4 members (excludes halogenated alkanes) is 2. The Balaban J connectivity index is 1.59. The SMILES string of the molecule is CN1CCCC1CCNC(=O)/C(=C/CCCCC(=O)NO)COc1cccc2ccccc12. The molecule has 1 heterocycles. The Morgan fingerprint density at radius 1 is 1.18 bits per heavy atom. The maximum atomic E-state index is 12.9. The van der Waals surface area contributed by atoms with E-state index in [-0.39, 0.29) is 18.9 Å². The van der Waals surface area contributed by atoms with Gasteiger partial charge in [-0.1, -0.05) is 42.5 Å². The van der Waals surface area contributed by atoms with Crippen molar-refractivity contribution >= 4 is 22.6 Å². The number of nitrogens with zero attached hydrogens (tertiary/aromatic N) is 1. The predicted molar refractivity (Wildman–Crippen MR) is 129 cm³/mol. The second kappa shape index (κ2) is 13.0. The van der Waals surface area contributed by atoms with Crippen molar-refractivity contribution in [3.8, 4) is 5.75 Å². The molecule has 1 unspecified atom stereocenters. The Labute approximate surface area is 195 Å². The summed E-state index contributed by atoms with van der Waals surface area (Å²) in [6, 6.07) is 14.4. The van der Waals surface area contributed by atoms with Crippen LogP contribution in [0, 0.1) is 0 Å². The molecule has 2 aromatic carbocycles. The van der Waals surface area contributed by atoms with Crippen LogP contribution in [-0.4, -0.2) is 54.7 Å². The van der Waals surface area contributed by atoms with Crippen LogP contribution in [0.15, 0.2) is 54.1 Å². The van der Waals surface area contributed by atoms with Crippen molar-refractivity contribution in [3.63, 3.8) is 0 Å². The Bertz CT molecular complexity index is 954. The third kappa shape index (κ3) is 7.58. The lowest BCUT2D eigenvalue weighted by molar-refractivity contribution is -0.129. The third-order valence-corrected chi connectivity index (χ3v) is 6.23. The van der Waals surface area contributed by atoms with Crippen LogP contribution in [0.2, 0.25) is 0 Å². The van der Waals surface area contributed by atoms with Crippen molar-refractivity contribution in [1.82, 2.24) is 15.7 Å². The van der Waals surface area contributed by atoms with Gasteiger partial charge in [0.05, 0.1) is 5.57 Å². The number of benzene rings is 2. The van der Waals surface area contributed by atoms with E-state index in [4.69, 9.17) is 9.94 Å². The van der Waals surface area contributed by atoms with E-state index in [2.05, 4.69) is 17.3 Å². The lowest BCUT2D eigenvalue weighted by Gasteiger charge is -2.19. The van der Waals surface area contributed by atoms with Crippen LogP contribution < -0.4 is 15.5 Å². The van der Waals surface area contributed by atoms with Gasteiger partial charge in [0.1, 0.15) is 12.4 Å². The average molecular weight is 454 g/mol. The van der Waals surface area contributed by atoms with E-state index in [1.807, 2.05) is 48.5 Å². The molecular weight excluding hydrogens is 418 g/mol. The average Bonchev–Trinajstić information content (AvgIpc) is 3.25. The Morgan fingerprint density at radius 2 is 2.00 bits per heavy atom. The summed E-state index contributed by atoms with van der Waals surface area (Å²) in [5.41, 5.74) is 2.24. The first-order chi connectivity index (χ1) is 16.1. The summed E-state index contributed by atoms with van der Waals surface area (Å²) >= 11 is 0.